The highest BCUT2D eigenvalue weighted by Gasteiger charge is 2.43. The lowest BCUT2D eigenvalue weighted by molar-refractivity contribution is -0.118. The number of piperidine rings is 1. The zero-order valence-electron chi connectivity index (χ0n) is 19.4. The summed E-state index contributed by atoms with van der Waals surface area (Å²) in [5, 5.41) is 3.21. The highest BCUT2D eigenvalue weighted by Crippen LogP contribution is 2.44. The molecular weight excluding hydrogens is 416 g/mol. The summed E-state index contributed by atoms with van der Waals surface area (Å²) in [4.78, 5) is 15.2. The number of benzene rings is 2. The van der Waals surface area contributed by atoms with Gasteiger partial charge in [0.05, 0.1) is 13.2 Å². The fourth-order valence-corrected chi connectivity index (χ4v) is 4.53. The van der Waals surface area contributed by atoms with Crippen LogP contribution in [0.4, 0.5) is 0 Å². The number of nitrogens with zero attached hydrogens (tertiary/aromatic N) is 1. The Labute approximate surface area is 195 Å². The molecule has 1 atom stereocenters. The van der Waals surface area contributed by atoms with Crippen molar-refractivity contribution < 1.29 is 19.0 Å². The molecule has 4 rings (SSSR count). The van der Waals surface area contributed by atoms with Crippen LogP contribution >= 0.6 is 0 Å². The van der Waals surface area contributed by atoms with E-state index in [0.717, 1.165) is 49.2 Å². The Morgan fingerprint density at radius 2 is 2.03 bits per heavy atom. The maximum Gasteiger partial charge on any atom is 0.244 e. The Bertz CT molecular complexity index is 1020. The number of carbonyl (C=O) groups is 1. The molecule has 33 heavy (non-hydrogen) atoms. The first kappa shape index (κ1) is 22.9. The number of hydrogen-bond acceptors (Lipinski definition) is 5. The molecule has 1 saturated heterocycles. The van der Waals surface area contributed by atoms with Crippen LogP contribution in [-0.4, -0.2) is 50.3 Å². The van der Waals surface area contributed by atoms with Crippen molar-refractivity contribution in [3.05, 3.63) is 72.3 Å². The Hall–Kier alpha value is -3.25. The number of hydrogen-bond donors (Lipinski definition) is 1. The van der Waals surface area contributed by atoms with Gasteiger partial charge in [0.15, 0.2) is 11.5 Å². The smallest absolute Gasteiger partial charge is 0.244 e. The van der Waals surface area contributed by atoms with E-state index in [4.69, 9.17) is 14.2 Å². The van der Waals surface area contributed by atoms with Crippen molar-refractivity contribution in [2.75, 3.05) is 33.9 Å². The lowest BCUT2D eigenvalue weighted by Crippen LogP contribution is -2.51. The molecule has 1 spiro atoms. The lowest BCUT2D eigenvalue weighted by Gasteiger charge is -2.46. The molecule has 2 aromatic carbocycles. The predicted molar refractivity (Wildman–Crippen MR) is 130 cm³/mol. The third-order valence-electron chi connectivity index (χ3n) is 6.38. The molecule has 0 aromatic heterocycles. The van der Waals surface area contributed by atoms with Crippen molar-refractivity contribution in [1.82, 2.24) is 10.2 Å². The molecule has 174 valence electrons. The SMILES string of the molecule is C=CCOc1ccc(/C=C/C(=O)NC2CC3(CCN(C)CC3)Oc3ccccc32)cc1OC. The summed E-state index contributed by atoms with van der Waals surface area (Å²) in [5.41, 5.74) is 1.67. The molecule has 2 heterocycles. The largest absolute Gasteiger partial charge is 0.493 e. The lowest BCUT2D eigenvalue weighted by atomic mass is 9.80. The molecule has 1 fully saturated rings. The molecule has 2 aliphatic rings. The normalized spacial score (nSPS) is 19.5. The van der Waals surface area contributed by atoms with Crippen LogP contribution in [0.3, 0.4) is 0 Å². The second-order valence-corrected chi connectivity index (χ2v) is 8.73. The van der Waals surface area contributed by atoms with Gasteiger partial charge in [-0.3, -0.25) is 4.79 Å². The molecule has 2 aliphatic heterocycles. The summed E-state index contributed by atoms with van der Waals surface area (Å²) in [5.74, 6) is 2.00. The Balaban J connectivity index is 1.47. The molecule has 1 N–H and O–H groups in total. The number of amides is 1. The van der Waals surface area contributed by atoms with Gasteiger partial charge in [0.1, 0.15) is 18.0 Å². The monoisotopic (exact) mass is 448 g/mol. The summed E-state index contributed by atoms with van der Waals surface area (Å²) in [6, 6.07) is 13.5. The van der Waals surface area contributed by atoms with Crippen LogP contribution < -0.4 is 19.5 Å². The topological polar surface area (TPSA) is 60.0 Å². The van der Waals surface area contributed by atoms with Gasteiger partial charge in [-0.25, -0.2) is 0 Å². The number of rotatable bonds is 7. The van der Waals surface area contributed by atoms with Crippen molar-refractivity contribution in [3.8, 4) is 17.2 Å². The minimum Gasteiger partial charge on any atom is -0.493 e. The number of carbonyl (C=O) groups excluding carboxylic acids is 1. The van der Waals surface area contributed by atoms with Gasteiger partial charge in [0.2, 0.25) is 5.91 Å². The van der Waals surface area contributed by atoms with Crippen LogP contribution in [0.15, 0.2) is 61.2 Å². The van der Waals surface area contributed by atoms with E-state index in [2.05, 4.69) is 23.8 Å². The van der Waals surface area contributed by atoms with E-state index in [1.165, 1.54) is 0 Å². The first-order valence-electron chi connectivity index (χ1n) is 11.4. The highest BCUT2D eigenvalue weighted by molar-refractivity contribution is 5.92. The van der Waals surface area contributed by atoms with Crippen molar-refractivity contribution in [2.24, 2.45) is 0 Å². The average molecular weight is 449 g/mol. The van der Waals surface area contributed by atoms with E-state index in [1.54, 1.807) is 25.3 Å². The van der Waals surface area contributed by atoms with E-state index in [0.29, 0.717) is 18.1 Å². The third-order valence-corrected chi connectivity index (χ3v) is 6.38. The van der Waals surface area contributed by atoms with E-state index in [-0.39, 0.29) is 17.6 Å². The van der Waals surface area contributed by atoms with Gasteiger partial charge in [0, 0.05) is 31.1 Å². The van der Waals surface area contributed by atoms with Gasteiger partial charge in [-0.1, -0.05) is 36.9 Å². The van der Waals surface area contributed by atoms with Crippen LogP contribution in [0, 0.1) is 0 Å². The number of nitrogens with one attached hydrogen (secondary N) is 1. The minimum absolute atomic E-state index is 0.0836. The van der Waals surface area contributed by atoms with Crippen molar-refractivity contribution in [2.45, 2.75) is 30.9 Å². The average Bonchev–Trinajstić information content (AvgIpc) is 2.83. The van der Waals surface area contributed by atoms with Crippen molar-refractivity contribution in [3.63, 3.8) is 0 Å². The first-order valence-corrected chi connectivity index (χ1v) is 11.4. The Morgan fingerprint density at radius 3 is 2.79 bits per heavy atom. The zero-order valence-corrected chi connectivity index (χ0v) is 19.4. The number of methoxy groups -OCH3 is 1. The molecule has 6 heteroatoms. The Morgan fingerprint density at radius 1 is 1.24 bits per heavy atom. The maximum absolute atomic E-state index is 12.9. The number of fused-ring (bicyclic) bond motifs is 1. The molecule has 1 unspecified atom stereocenters. The minimum atomic E-state index is -0.225. The van der Waals surface area contributed by atoms with Crippen LogP contribution in [-0.2, 0) is 4.79 Å². The molecule has 0 bridgehead atoms. The summed E-state index contributed by atoms with van der Waals surface area (Å²) in [6.07, 6.45) is 7.73. The number of likely N-dealkylation sites (tertiary alicyclic amines) is 1. The molecule has 2 aromatic rings. The highest BCUT2D eigenvalue weighted by atomic mass is 16.5. The van der Waals surface area contributed by atoms with E-state index in [9.17, 15) is 4.79 Å². The number of ether oxygens (including phenoxy) is 3. The van der Waals surface area contributed by atoms with E-state index < -0.39 is 0 Å². The second kappa shape index (κ2) is 10.1. The molecular formula is C27H32N2O4. The van der Waals surface area contributed by atoms with Crippen LogP contribution in [0.25, 0.3) is 6.08 Å². The van der Waals surface area contributed by atoms with Crippen molar-refractivity contribution in [1.29, 1.82) is 0 Å². The van der Waals surface area contributed by atoms with Crippen LogP contribution in [0.1, 0.15) is 36.4 Å². The van der Waals surface area contributed by atoms with E-state index in [1.807, 2.05) is 42.5 Å². The maximum atomic E-state index is 12.9. The molecule has 0 saturated carbocycles. The molecule has 1 amide bonds. The van der Waals surface area contributed by atoms with E-state index >= 15 is 0 Å². The predicted octanol–water partition coefficient (Wildman–Crippen LogP) is 4.38. The summed E-state index contributed by atoms with van der Waals surface area (Å²) >= 11 is 0. The van der Waals surface area contributed by atoms with Crippen LogP contribution in [0.2, 0.25) is 0 Å². The molecule has 6 nitrogen and oxygen atoms in total. The molecule has 0 aliphatic carbocycles. The second-order valence-electron chi connectivity index (χ2n) is 8.73. The zero-order chi connectivity index (χ0) is 23.3. The van der Waals surface area contributed by atoms with Gasteiger partial charge in [-0.2, -0.15) is 0 Å². The third kappa shape index (κ3) is 5.40. The quantitative estimate of drug-likeness (QED) is 0.503. The van der Waals surface area contributed by atoms with Gasteiger partial charge in [0.25, 0.3) is 0 Å². The fourth-order valence-electron chi connectivity index (χ4n) is 4.53. The fraction of sp³-hybridized carbons (Fsp3) is 0.370. The summed E-state index contributed by atoms with van der Waals surface area (Å²) in [7, 11) is 3.73. The first-order chi connectivity index (χ1) is 16.0. The van der Waals surface area contributed by atoms with Gasteiger partial charge < -0.3 is 24.4 Å². The molecule has 0 radical (unpaired) electrons. The standard InChI is InChI=1S/C27H32N2O4/c1-4-17-32-24-11-9-20(18-25(24)31-3)10-12-26(30)28-22-19-27(13-15-29(2)16-14-27)33-23-8-6-5-7-21(22)23/h4-12,18,22H,1,13-17,19H2,2-3H3,(H,28,30)/b12-10+. The number of para-hydroxylation sites is 1. The van der Waals surface area contributed by atoms with Gasteiger partial charge in [-0.05, 0) is 49.7 Å². The summed E-state index contributed by atoms with van der Waals surface area (Å²) < 4.78 is 17.5. The van der Waals surface area contributed by atoms with Crippen molar-refractivity contribution >= 4 is 12.0 Å². The Kier molecular flexibility index (Phi) is 7.04. The van der Waals surface area contributed by atoms with Gasteiger partial charge >= 0.3 is 0 Å². The summed E-state index contributed by atoms with van der Waals surface area (Å²) in [6.45, 7) is 6.05. The van der Waals surface area contributed by atoms with Gasteiger partial charge in [-0.15, -0.1) is 0 Å². The van der Waals surface area contributed by atoms with Crippen LogP contribution in [0.5, 0.6) is 17.2 Å².